The van der Waals surface area contributed by atoms with Gasteiger partial charge in [-0.3, -0.25) is 4.79 Å². The molecule has 0 saturated carbocycles. The second-order valence-electron chi connectivity index (χ2n) is 7.84. The lowest BCUT2D eigenvalue weighted by Crippen LogP contribution is -2.29. The number of benzene rings is 1. The molecule has 1 aromatic rings. The maximum absolute atomic E-state index is 12.1. The Kier molecular flexibility index (Phi) is 20.7. The highest BCUT2D eigenvalue weighted by atomic mass is 33.1. The smallest absolute Gasteiger partial charge is 0.224 e. The summed E-state index contributed by atoms with van der Waals surface area (Å²) in [5, 5.41) is 6.17. The zero-order chi connectivity index (χ0) is 24.7. The number of unbranched alkanes of at least 4 members (excludes halogenated alkanes) is 1. The highest BCUT2D eigenvalue weighted by Gasteiger charge is 2.04. The fourth-order valence-electron chi connectivity index (χ4n) is 2.67. The third kappa shape index (κ3) is 19.5. The molecular formula is C24H43N3O5S2. The number of nitrogens with two attached hydrogens (primary N) is 1. The largest absolute Gasteiger partial charge is 0.378 e. The van der Waals surface area contributed by atoms with E-state index >= 15 is 0 Å². The second-order valence-corrected chi connectivity index (χ2v) is 10.2. The molecule has 1 amide bonds. The molecule has 196 valence electrons. The number of hydrogen-bond acceptors (Lipinski definition) is 9. The Bertz CT molecular complexity index is 609. The van der Waals surface area contributed by atoms with Crippen molar-refractivity contribution in [2.24, 2.45) is 5.73 Å². The van der Waals surface area contributed by atoms with Crippen molar-refractivity contribution in [2.75, 3.05) is 71.8 Å². The quantitative estimate of drug-likeness (QED) is 0.115. The standard InChI is InChI=1S/C24H43N3O5S2/c1-21(2)26-10-13-29-15-17-31-18-16-30-14-11-27-24(28)19-22-5-7-23(8-6-22)34-33-20-32-12-4-3-9-25/h5-8,21,26H,3-4,9-20,25H2,1-2H3,(H,27,28). The van der Waals surface area contributed by atoms with Crippen molar-refractivity contribution >= 4 is 27.5 Å². The summed E-state index contributed by atoms with van der Waals surface area (Å²) in [6.45, 7) is 10.3. The van der Waals surface area contributed by atoms with Crippen LogP contribution in [0.15, 0.2) is 29.2 Å². The molecule has 8 nitrogen and oxygen atoms in total. The molecule has 0 saturated heterocycles. The summed E-state index contributed by atoms with van der Waals surface area (Å²) in [7, 11) is 3.34. The lowest BCUT2D eigenvalue weighted by atomic mass is 10.1. The van der Waals surface area contributed by atoms with E-state index in [1.54, 1.807) is 21.6 Å². The van der Waals surface area contributed by atoms with Gasteiger partial charge in [-0.15, -0.1) is 0 Å². The Hall–Kier alpha value is -0.850. The van der Waals surface area contributed by atoms with Crippen LogP contribution in [-0.2, 0) is 30.2 Å². The van der Waals surface area contributed by atoms with Gasteiger partial charge in [-0.05, 0) is 37.1 Å². The summed E-state index contributed by atoms with van der Waals surface area (Å²) in [5.74, 6) is 0.642. The lowest BCUT2D eigenvalue weighted by Gasteiger charge is -2.09. The van der Waals surface area contributed by atoms with Gasteiger partial charge in [-0.25, -0.2) is 0 Å². The first-order valence-electron chi connectivity index (χ1n) is 12.0. The van der Waals surface area contributed by atoms with Crippen molar-refractivity contribution < 1.29 is 23.7 Å². The molecule has 1 aromatic carbocycles. The molecule has 0 spiro atoms. The Morgan fingerprint density at radius 2 is 1.53 bits per heavy atom. The van der Waals surface area contributed by atoms with E-state index in [9.17, 15) is 4.79 Å². The van der Waals surface area contributed by atoms with E-state index in [0.717, 1.165) is 36.5 Å². The molecule has 10 heteroatoms. The zero-order valence-electron chi connectivity index (χ0n) is 20.7. The van der Waals surface area contributed by atoms with Gasteiger partial charge < -0.3 is 35.3 Å². The molecule has 1 rings (SSSR count). The molecule has 0 radical (unpaired) electrons. The molecule has 0 bridgehead atoms. The van der Waals surface area contributed by atoms with Gasteiger partial charge in [0.1, 0.15) is 5.94 Å². The van der Waals surface area contributed by atoms with E-state index in [4.69, 9.17) is 24.7 Å². The van der Waals surface area contributed by atoms with Gasteiger partial charge in [0.2, 0.25) is 5.91 Å². The van der Waals surface area contributed by atoms with Crippen molar-refractivity contribution in [3.63, 3.8) is 0 Å². The second kappa shape index (κ2) is 22.6. The monoisotopic (exact) mass is 517 g/mol. The van der Waals surface area contributed by atoms with Crippen LogP contribution in [0, 0.1) is 0 Å². The number of rotatable bonds is 23. The van der Waals surface area contributed by atoms with Gasteiger partial charge in [0.25, 0.3) is 0 Å². The molecule has 0 heterocycles. The Morgan fingerprint density at radius 3 is 2.18 bits per heavy atom. The van der Waals surface area contributed by atoms with Crippen LogP contribution < -0.4 is 16.4 Å². The molecule has 0 aliphatic carbocycles. The van der Waals surface area contributed by atoms with Crippen LogP contribution in [0.4, 0.5) is 0 Å². The lowest BCUT2D eigenvalue weighted by molar-refractivity contribution is -0.120. The average molecular weight is 518 g/mol. The van der Waals surface area contributed by atoms with Crippen molar-refractivity contribution in [3.05, 3.63) is 29.8 Å². The number of hydrogen-bond donors (Lipinski definition) is 3. The van der Waals surface area contributed by atoms with Crippen molar-refractivity contribution in [1.82, 2.24) is 10.6 Å². The van der Waals surface area contributed by atoms with E-state index in [1.165, 1.54) is 0 Å². The molecule has 0 aliphatic heterocycles. The van der Waals surface area contributed by atoms with Gasteiger partial charge in [0.15, 0.2) is 0 Å². The fraction of sp³-hybridized carbons (Fsp3) is 0.708. The Morgan fingerprint density at radius 1 is 0.882 bits per heavy atom. The zero-order valence-corrected chi connectivity index (χ0v) is 22.4. The maximum atomic E-state index is 12.1. The molecule has 4 N–H and O–H groups in total. The highest BCUT2D eigenvalue weighted by Crippen LogP contribution is 2.31. The van der Waals surface area contributed by atoms with Crippen LogP contribution in [0.3, 0.4) is 0 Å². The third-order valence-electron chi connectivity index (χ3n) is 4.43. The van der Waals surface area contributed by atoms with Crippen molar-refractivity contribution in [2.45, 2.75) is 44.0 Å². The number of carbonyl (C=O) groups excluding carboxylic acids is 1. The van der Waals surface area contributed by atoms with Crippen LogP contribution in [0.25, 0.3) is 0 Å². The minimum absolute atomic E-state index is 0.00962. The summed E-state index contributed by atoms with van der Waals surface area (Å²) in [5.41, 5.74) is 6.44. The predicted molar refractivity (Wildman–Crippen MR) is 141 cm³/mol. The fourth-order valence-corrected chi connectivity index (χ4v) is 4.38. The van der Waals surface area contributed by atoms with E-state index in [0.29, 0.717) is 71.1 Å². The summed E-state index contributed by atoms with van der Waals surface area (Å²) in [4.78, 5) is 13.2. The summed E-state index contributed by atoms with van der Waals surface area (Å²) >= 11 is 0. The molecule has 0 aliphatic rings. The molecule has 0 unspecified atom stereocenters. The van der Waals surface area contributed by atoms with E-state index in [-0.39, 0.29) is 5.91 Å². The van der Waals surface area contributed by atoms with Gasteiger partial charge in [-0.1, -0.05) is 47.6 Å². The van der Waals surface area contributed by atoms with Crippen molar-refractivity contribution in [3.8, 4) is 0 Å². The minimum atomic E-state index is -0.00962. The van der Waals surface area contributed by atoms with Crippen LogP contribution in [0.5, 0.6) is 0 Å². The first-order chi connectivity index (χ1) is 16.6. The summed E-state index contributed by atoms with van der Waals surface area (Å²) < 4.78 is 21.9. The van der Waals surface area contributed by atoms with Crippen LogP contribution >= 0.6 is 21.6 Å². The minimum Gasteiger partial charge on any atom is -0.378 e. The topological polar surface area (TPSA) is 104 Å². The Labute approximate surface area is 213 Å². The first-order valence-corrected chi connectivity index (χ1v) is 14.3. The van der Waals surface area contributed by atoms with Crippen LogP contribution in [-0.4, -0.2) is 83.8 Å². The first kappa shape index (κ1) is 31.2. The van der Waals surface area contributed by atoms with Gasteiger partial charge in [0.05, 0.1) is 46.1 Å². The molecular weight excluding hydrogens is 474 g/mol. The molecule has 34 heavy (non-hydrogen) atoms. The van der Waals surface area contributed by atoms with Crippen molar-refractivity contribution in [1.29, 1.82) is 0 Å². The Balaban J connectivity index is 1.94. The van der Waals surface area contributed by atoms with Crippen LogP contribution in [0.2, 0.25) is 0 Å². The normalized spacial score (nSPS) is 11.3. The summed E-state index contributed by atoms with van der Waals surface area (Å²) in [6.07, 6.45) is 2.37. The third-order valence-corrected chi connectivity index (χ3v) is 6.49. The highest BCUT2D eigenvalue weighted by molar-refractivity contribution is 8.76. The predicted octanol–water partition coefficient (Wildman–Crippen LogP) is 2.85. The number of amides is 1. The van der Waals surface area contributed by atoms with Crippen LogP contribution in [0.1, 0.15) is 32.3 Å². The van der Waals surface area contributed by atoms with Gasteiger partial charge in [0, 0.05) is 30.6 Å². The van der Waals surface area contributed by atoms with E-state index in [1.807, 2.05) is 24.3 Å². The average Bonchev–Trinajstić information content (AvgIpc) is 2.82. The SMILES string of the molecule is CC(C)NCCOCCOCCOCCNC(=O)Cc1ccc(SSCOCCCCN)cc1. The number of carbonyl (C=O) groups is 1. The van der Waals surface area contributed by atoms with Gasteiger partial charge >= 0.3 is 0 Å². The molecule has 0 atom stereocenters. The molecule has 0 aromatic heterocycles. The number of nitrogens with one attached hydrogen (secondary N) is 2. The maximum Gasteiger partial charge on any atom is 0.224 e. The molecule has 0 fully saturated rings. The van der Waals surface area contributed by atoms with E-state index in [2.05, 4.69) is 24.5 Å². The summed E-state index contributed by atoms with van der Waals surface area (Å²) in [6, 6.07) is 8.52. The van der Waals surface area contributed by atoms with Gasteiger partial charge in [-0.2, -0.15) is 0 Å². The van der Waals surface area contributed by atoms with E-state index < -0.39 is 0 Å². The number of ether oxygens (including phenoxy) is 4.